The molecule has 2 N–H and O–H groups in total. The van der Waals surface area contributed by atoms with Gasteiger partial charge in [0.2, 0.25) is 21.8 Å². The maximum absolute atomic E-state index is 13.2. The van der Waals surface area contributed by atoms with Crippen molar-refractivity contribution in [3.63, 3.8) is 0 Å². The Kier molecular flexibility index (Phi) is 8.25. The molecule has 2 rings (SSSR count). The molecule has 0 atom stereocenters. The van der Waals surface area contributed by atoms with Gasteiger partial charge in [0.25, 0.3) is 0 Å². The van der Waals surface area contributed by atoms with E-state index in [0.29, 0.717) is 38.3 Å². The standard InChI is InChI=1S/C21H33N3O5S/c1-5-24(6-2)30(27,28)17-11-12-19(29-7-3)18(15-17)22-20(26)21(23-16(4)25)13-9-8-10-14-21/h11-12,15H,5-10,13-14H2,1-4H3,(H,22,26)(H,23,25). The molecule has 168 valence electrons. The number of benzene rings is 1. The summed E-state index contributed by atoms with van der Waals surface area (Å²) >= 11 is 0. The van der Waals surface area contributed by atoms with Gasteiger partial charge in [0.05, 0.1) is 17.2 Å². The van der Waals surface area contributed by atoms with Gasteiger partial charge >= 0.3 is 0 Å². The third kappa shape index (κ3) is 5.31. The Labute approximate surface area is 179 Å². The zero-order chi connectivity index (χ0) is 22.4. The average molecular weight is 440 g/mol. The maximum Gasteiger partial charge on any atom is 0.250 e. The normalized spacial score (nSPS) is 16.2. The van der Waals surface area contributed by atoms with Crippen LogP contribution in [0.2, 0.25) is 0 Å². The summed E-state index contributed by atoms with van der Waals surface area (Å²) in [5.41, 5.74) is -0.716. The van der Waals surface area contributed by atoms with Crippen molar-refractivity contribution in [1.82, 2.24) is 9.62 Å². The molecule has 1 aliphatic carbocycles. The monoisotopic (exact) mass is 439 g/mol. The molecule has 2 amide bonds. The summed E-state index contributed by atoms with van der Waals surface area (Å²) in [6.45, 7) is 7.82. The van der Waals surface area contributed by atoms with Gasteiger partial charge in [-0.2, -0.15) is 4.31 Å². The molecule has 0 heterocycles. The molecule has 1 aromatic rings. The Morgan fingerprint density at radius 1 is 1.10 bits per heavy atom. The Bertz CT molecular complexity index is 859. The van der Waals surface area contributed by atoms with E-state index < -0.39 is 15.6 Å². The van der Waals surface area contributed by atoms with Gasteiger partial charge in [-0.05, 0) is 38.0 Å². The van der Waals surface area contributed by atoms with E-state index in [0.717, 1.165) is 19.3 Å². The number of hydrogen-bond donors (Lipinski definition) is 2. The molecule has 8 nitrogen and oxygen atoms in total. The van der Waals surface area contributed by atoms with Crippen LogP contribution in [0.1, 0.15) is 59.8 Å². The number of carbonyl (C=O) groups excluding carboxylic acids is 2. The number of carbonyl (C=O) groups is 2. The van der Waals surface area contributed by atoms with Crippen molar-refractivity contribution < 1.29 is 22.7 Å². The van der Waals surface area contributed by atoms with Crippen molar-refractivity contribution in [2.24, 2.45) is 0 Å². The highest BCUT2D eigenvalue weighted by Gasteiger charge is 2.40. The van der Waals surface area contributed by atoms with E-state index in [1.165, 1.54) is 23.4 Å². The van der Waals surface area contributed by atoms with Crippen LogP contribution in [0, 0.1) is 0 Å². The van der Waals surface area contributed by atoms with E-state index in [-0.39, 0.29) is 22.4 Å². The van der Waals surface area contributed by atoms with Gasteiger partial charge in [-0.25, -0.2) is 8.42 Å². The van der Waals surface area contributed by atoms with Crippen molar-refractivity contribution in [2.45, 2.75) is 70.2 Å². The number of anilines is 1. The van der Waals surface area contributed by atoms with E-state index >= 15 is 0 Å². The maximum atomic E-state index is 13.2. The number of hydrogen-bond acceptors (Lipinski definition) is 5. The van der Waals surface area contributed by atoms with Crippen LogP contribution in [0.3, 0.4) is 0 Å². The molecule has 9 heteroatoms. The predicted octanol–water partition coefficient (Wildman–Crippen LogP) is 2.89. The zero-order valence-electron chi connectivity index (χ0n) is 18.3. The first-order valence-electron chi connectivity index (χ1n) is 10.6. The molecule has 0 radical (unpaired) electrons. The predicted molar refractivity (Wildman–Crippen MR) is 116 cm³/mol. The summed E-state index contributed by atoms with van der Waals surface area (Å²) in [4.78, 5) is 25.1. The van der Waals surface area contributed by atoms with Crippen LogP contribution in [-0.2, 0) is 19.6 Å². The van der Waals surface area contributed by atoms with Crippen molar-refractivity contribution in [3.8, 4) is 5.75 Å². The first kappa shape index (κ1) is 24.1. The molecule has 1 aromatic carbocycles. The molecule has 1 aliphatic rings. The van der Waals surface area contributed by atoms with Crippen molar-refractivity contribution in [2.75, 3.05) is 25.0 Å². The second-order valence-electron chi connectivity index (χ2n) is 7.46. The van der Waals surface area contributed by atoms with E-state index in [1.54, 1.807) is 19.9 Å². The van der Waals surface area contributed by atoms with Gasteiger partial charge in [-0.3, -0.25) is 9.59 Å². The van der Waals surface area contributed by atoms with Crippen LogP contribution in [0.4, 0.5) is 5.69 Å². The molecule has 0 bridgehead atoms. The van der Waals surface area contributed by atoms with Crippen LogP contribution in [0.5, 0.6) is 5.75 Å². The van der Waals surface area contributed by atoms with Crippen LogP contribution in [0.15, 0.2) is 23.1 Å². The van der Waals surface area contributed by atoms with Crippen molar-refractivity contribution in [3.05, 3.63) is 18.2 Å². The van der Waals surface area contributed by atoms with Crippen molar-refractivity contribution in [1.29, 1.82) is 0 Å². The SMILES string of the molecule is CCOc1ccc(S(=O)(=O)N(CC)CC)cc1NC(=O)C1(NC(C)=O)CCCCC1. The molecular formula is C21H33N3O5S. The van der Waals surface area contributed by atoms with Gasteiger partial charge < -0.3 is 15.4 Å². The summed E-state index contributed by atoms with van der Waals surface area (Å²) in [5.74, 6) is -0.233. The smallest absolute Gasteiger partial charge is 0.250 e. The lowest BCUT2D eigenvalue weighted by Gasteiger charge is -2.36. The summed E-state index contributed by atoms with van der Waals surface area (Å²) < 4.78 is 32.8. The largest absolute Gasteiger partial charge is 0.492 e. The Morgan fingerprint density at radius 2 is 1.73 bits per heavy atom. The molecular weight excluding hydrogens is 406 g/mol. The molecule has 0 aromatic heterocycles. The number of nitrogens with zero attached hydrogens (tertiary/aromatic N) is 1. The highest BCUT2D eigenvalue weighted by molar-refractivity contribution is 7.89. The van der Waals surface area contributed by atoms with Gasteiger partial charge in [-0.15, -0.1) is 0 Å². The Morgan fingerprint density at radius 3 is 2.27 bits per heavy atom. The summed E-state index contributed by atoms with van der Waals surface area (Å²) in [7, 11) is -3.69. The lowest BCUT2D eigenvalue weighted by atomic mass is 9.80. The van der Waals surface area contributed by atoms with Gasteiger partial charge in [0.15, 0.2) is 0 Å². The van der Waals surface area contributed by atoms with Crippen LogP contribution < -0.4 is 15.4 Å². The quantitative estimate of drug-likeness (QED) is 0.616. The van der Waals surface area contributed by atoms with E-state index in [1.807, 2.05) is 6.92 Å². The third-order valence-corrected chi connectivity index (χ3v) is 7.45. The molecule has 0 spiro atoms. The second-order valence-corrected chi connectivity index (χ2v) is 9.40. The van der Waals surface area contributed by atoms with E-state index in [9.17, 15) is 18.0 Å². The summed E-state index contributed by atoms with van der Waals surface area (Å²) in [6.07, 6.45) is 3.76. The van der Waals surface area contributed by atoms with Gasteiger partial charge in [0, 0.05) is 20.0 Å². The first-order valence-corrected chi connectivity index (χ1v) is 12.0. The Hall–Kier alpha value is -2.13. The molecule has 1 saturated carbocycles. The first-order chi connectivity index (χ1) is 14.2. The molecule has 30 heavy (non-hydrogen) atoms. The zero-order valence-corrected chi connectivity index (χ0v) is 19.1. The highest BCUT2D eigenvalue weighted by atomic mass is 32.2. The molecule has 0 aliphatic heterocycles. The summed E-state index contributed by atoms with van der Waals surface area (Å²) in [5, 5.41) is 5.67. The average Bonchev–Trinajstić information content (AvgIpc) is 2.70. The minimum Gasteiger partial charge on any atom is -0.492 e. The van der Waals surface area contributed by atoms with Crippen molar-refractivity contribution >= 4 is 27.5 Å². The van der Waals surface area contributed by atoms with Crippen LogP contribution >= 0.6 is 0 Å². The van der Waals surface area contributed by atoms with Gasteiger partial charge in [-0.1, -0.05) is 33.1 Å². The third-order valence-electron chi connectivity index (χ3n) is 5.40. The molecule has 1 fully saturated rings. The number of rotatable bonds is 9. The number of amides is 2. The number of ether oxygens (including phenoxy) is 1. The topological polar surface area (TPSA) is 105 Å². The molecule has 0 saturated heterocycles. The fourth-order valence-corrected chi connectivity index (χ4v) is 5.39. The van der Waals surface area contributed by atoms with E-state index in [4.69, 9.17) is 4.74 Å². The molecule has 0 unspecified atom stereocenters. The minimum absolute atomic E-state index is 0.0853. The Balaban J connectivity index is 2.43. The number of nitrogens with one attached hydrogen (secondary N) is 2. The van der Waals surface area contributed by atoms with Crippen LogP contribution in [-0.4, -0.2) is 49.8 Å². The lowest BCUT2D eigenvalue weighted by molar-refractivity contribution is -0.130. The fourth-order valence-electron chi connectivity index (χ4n) is 3.90. The summed E-state index contributed by atoms with van der Waals surface area (Å²) in [6, 6.07) is 4.47. The number of sulfonamides is 1. The van der Waals surface area contributed by atoms with E-state index in [2.05, 4.69) is 10.6 Å². The minimum atomic E-state index is -3.69. The highest BCUT2D eigenvalue weighted by Crippen LogP contribution is 2.33. The van der Waals surface area contributed by atoms with Crippen LogP contribution in [0.25, 0.3) is 0 Å². The van der Waals surface area contributed by atoms with Gasteiger partial charge in [0.1, 0.15) is 11.3 Å². The lowest BCUT2D eigenvalue weighted by Crippen LogP contribution is -2.57. The fraction of sp³-hybridized carbons (Fsp3) is 0.619. The second kappa shape index (κ2) is 10.3.